The molecule has 0 saturated heterocycles. The molecule has 0 rings (SSSR count). The molecule has 0 atom stereocenters. The van der Waals surface area contributed by atoms with E-state index in [0.29, 0.717) is 6.61 Å². The monoisotopic (exact) mass is 335 g/mol. The van der Waals surface area contributed by atoms with E-state index >= 15 is 0 Å². The average molecular weight is 336 g/mol. The molecule has 0 radical (unpaired) electrons. The Morgan fingerprint density at radius 2 is 0.955 bits per heavy atom. The number of quaternary nitrogens is 1. The molecule has 22 heavy (non-hydrogen) atoms. The number of aliphatic hydroxyl groups excluding tert-OH is 1. The number of rotatable bonds is 16. The molecule has 3 heteroatoms. The van der Waals surface area contributed by atoms with Crippen LogP contribution in [0.25, 0.3) is 0 Å². The minimum absolute atomic E-state index is 0. The number of unbranched alkanes of at least 4 members (excludes halogenated alkanes) is 12. The summed E-state index contributed by atoms with van der Waals surface area (Å²) in [5.74, 6) is 0. The van der Waals surface area contributed by atoms with Crippen LogP contribution in [0.4, 0.5) is 0 Å². The minimum atomic E-state index is 0. The second-order valence-corrected chi connectivity index (χ2v) is 7.35. The molecule has 0 spiro atoms. The highest BCUT2D eigenvalue weighted by Crippen LogP contribution is 2.13. The van der Waals surface area contributed by atoms with Gasteiger partial charge in [-0.25, -0.2) is 0 Å². The number of hydrogen-bond acceptors (Lipinski definition) is 1. The minimum Gasteiger partial charge on any atom is -1.00 e. The molecule has 136 valence electrons. The van der Waals surface area contributed by atoms with Gasteiger partial charge in [0.15, 0.2) is 0 Å². The molecule has 0 fully saturated rings. The van der Waals surface area contributed by atoms with Gasteiger partial charge in [0.05, 0.1) is 27.2 Å². The van der Waals surface area contributed by atoms with Crippen molar-refractivity contribution in [1.82, 2.24) is 0 Å². The zero-order valence-electron chi connectivity index (χ0n) is 15.6. The van der Waals surface area contributed by atoms with E-state index in [1.54, 1.807) is 0 Å². The van der Waals surface area contributed by atoms with Gasteiger partial charge in [-0.2, -0.15) is 0 Å². The van der Waals surface area contributed by atoms with Crippen LogP contribution in [0.3, 0.4) is 0 Å². The second kappa shape index (κ2) is 17.6. The maximum atomic E-state index is 8.99. The van der Waals surface area contributed by atoms with Gasteiger partial charge >= 0.3 is 0 Å². The topological polar surface area (TPSA) is 20.2 Å². The molecule has 0 aromatic rings. The quantitative estimate of drug-likeness (QED) is 0.338. The van der Waals surface area contributed by atoms with Crippen molar-refractivity contribution in [3.05, 3.63) is 0 Å². The first-order valence-corrected chi connectivity index (χ1v) is 9.55. The summed E-state index contributed by atoms with van der Waals surface area (Å²) in [4.78, 5) is 0. The predicted octanol–water partition coefficient (Wildman–Crippen LogP) is 2.15. The number of hydrogen-bond donors (Lipinski definition) is 1. The molecule has 0 aliphatic carbocycles. The van der Waals surface area contributed by atoms with Gasteiger partial charge in [0, 0.05) is 0 Å². The van der Waals surface area contributed by atoms with Crippen molar-refractivity contribution in [2.45, 2.75) is 90.4 Å². The summed E-state index contributed by atoms with van der Waals surface area (Å²) in [6.07, 6.45) is 18.4. The Hall–Kier alpha value is 0.210. The highest BCUT2D eigenvalue weighted by molar-refractivity contribution is 4.49. The molecular weight excluding hydrogens is 294 g/mol. The molecule has 0 aliphatic rings. The first-order chi connectivity index (χ1) is 10.1. The largest absolute Gasteiger partial charge is 1.00 e. The van der Waals surface area contributed by atoms with Crippen molar-refractivity contribution in [2.75, 3.05) is 33.8 Å². The first kappa shape index (κ1) is 24.5. The summed E-state index contributed by atoms with van der Waals surface area (Å²) in [6, 6.07) is 0. The Kier molecular flexibility index (Phi) is 19.5. The lowest BCUT2D eigenvalue weighted by Gasteiger charge is -2.28. The third kappa shape index (κ3) is 18.3. The lowest BCUT2D eigenvalue weighted by Crippen LogP contribution is -3.00. The highest BCUT2D eigenvalue weighted by Gasteiger charge is 2.12. The molecule has 2 nitrogen and oxygen atoms in total. The van der Waals surface area contributed by atoms with Crippen molar-refractivity contribution < 1.29 is 22.0 Å². The van der Waals surface area contributed by atoms with Crippen molar-refractivity contribution in [3.8, 4) is 0 Å². The summed E-state index contributed by atoms with van der Waals surface area (Å²) >= 11 is 0. The molecule has 0 unspecified atom stereocenters. The third-order valence-corrected chi connectivity index (χ3v) is 4.57. The van der Waals surface area contributed by atoms with Crippen molar-refractivity contribution >= 4 is 0 Å². The zero-order chi connectivity index (χ0) is 15.8. The van der Waals surface area contributed by atoms with Crippen LogP contribution >= 0.6 is 0 Å². The van der Waals surface area contributed by atoms with Crippen molar-refractivity contribution in [1.29, 1.82) is 0 Å². The van der Waals surface area contributed by atoms with Crippen LogP contribution < -0.4 is 12.4 Å². The molecule has 0 amide bonds. The number of nitrogens with zero attached hydrogens (tertiary/aromatic N) is 1. The highest BCUT2D eigenvalue weighted by atomic mass is 35.5. The maximum Gasteiger partial charge on any atom is 0.102 e. The van der Waals surface area contributed by atoms with E-state index in [-0.39, 0.29) is 12.4 Å². The van der Waals surface area contributed by atoms with E-state index in [2.05, 4.69) is 21.0 Å². The Morgan fingerprint density at radius 3 is 1.32 bits per heavy atom. The normalized spacial score (nSPS) is 11.5. The second-order valence-electron chi connectivity index (χ2n) is 7.35. The van der Waals surface area contributed by atoms with Gasteiger partial charge < -0.3 is 22.0 Å². The van der Waals surface area contributed by atoms with Crippen molar-refractivity contribution in [3.63, 3.8) is 0 Å². The standard InChI is InChI=1S/C19H42NO.ClH/c1-4-5-6-7-8-9-10-11-12-13-14-15-16-17-20(2,3)18-19-21;/h21H,4-19H2,1-3H3;1H/q+1;/p-1. The van der Waals surface area contributed by atoms with E-state index in [1.165, 1.54) is 90.0 Å². The van der Waals surface area contributed by atoms with Gasteiger partial charge in [-0.3, -0.25) is 0 Å². The lowest BCUT2D eigenvalue weighted by molar-refractivity contribution is -0.890. The van der Waals surface area contributed by atoms with Crippen LogP contribution in [0.15, 0.2) is 0 Å². The number of aliphatic hydroxyl groups is 1. The molecule has 0 aliphatic heterocycles. The van der Waals surface area contributed by atoms with Crippen LogP contribution in [0.1, 0.15) is 90.4 Å². The number of likely N-dealkylation sites (N-methyl/N-ethyl adjacent to an activating group) is 1. The van der Waals surface area contributed by atoms with Crippen LogP contribution in [0.2, 0.25) is 0 Å². The van der Waals surface area contributed by atoms with Gasteiger partial charge in [0.25, 0.3) is 0 Å². The van der Waals surface area contributed by atoms with E-state index in [4.69, 9.17) is 5.11 Å². The first-order valence-electron chi connectivity index (χ1n) is 9.55. The van der Waals surface area contributed by atoms with Gasteiger partial charge in [-0.15, -0.1) is 0 Å². The summed E-state index contributed by atoms with van der Waals surface area (Å²) in [7, 11) is 4.44. The van der Waals surface area contributed by atoms with Crippen LogP contribution in [0, 0.1) is 0 Å². The fourth-order valence-electron chi connectivity index (χ4n) is 2.94. The predicted molar refractivity (Wildman–Crippen MR) is 94.6 cm³/mol. The smallest absolute Gasteiger partial charge is 0.102 e. The van der Waals surface area contributed by atoms with Crippen LogP contribution in [-0.2, 0) is 0 Å². The summed E-state index contributed by atoms with van der Waals surface area (Å²) in [5, 5.41) is 8.99. The third-order valence-electron chi connectivity index (χ3n) is 4.57. The Morgan fingerprint density at radius 1 is 0.591 bits per heavy atom. The van der Waals surface area contributed by atoms with E-state index in [9.17, 15) is 0 Å². The van der Waals surface area contributed by atoms with Crippen molar-refractivity contribution in [2.24, 2.45) is 0 Å². The molecule has 0 heterocycles. The van der Waals surface area contributed by atoms with Gasteiger partial charge in [-0.05, 0) is 12.8 Å². The maximum absolute atomic E-state index is 8.99. The fraction of sp³-hybridized carbons (Fsp3) is 1.00. The molecule has 1 N–H and O–H groups in total. The van der Waals surface area contributed by atoms with E-state index in [1.807, 2.05) is 0 Å². The Labute approximate surface area is 146 Å². The summed E-state index contributed by atoms with van der Waals surface area (Å²) in [6.45, 7) is 4.69. The molecule has 0 aromatic heterocycles. The summed E-state index contributed by atoms with van der Waals surface area (Å²) in [5.41, 5.74) is 0. The van der Waals surface area contributed by atoms with Gasteiger partial charge in [0.2, 0.25) is 0 Å². The summed E-state index contributed by atoms with van der Waals surface area (Å²) < 4.78 is 0.967. The van der Waals surface area contributed by atoms with Crippen LogP contribution in [0.5, 0.6) is 0 Å². The van der Waals surface area contributed by atoms with Gasteiger partial charge in [-0.1, -0.05) is 77.6 Å². The average Bonchev–Trinajstić information content (AvgIpc) is 2.44. The lowest BCUT2D eigenvalue weighted by atomic mass is 10.0. The Bertz CT molecular complexity index is 210. The SMILES string of the molecule is CCCCCCCCCCCCCCC[N+](C)(C)CCO.[Cl-]. The van der Waals surface area contributed by atoms with Gasteiger partial charge in [0.1, 0.15) is 6.54 Å². The fourth-order valence-corrected chi connectivity index (χ4v) is 2.94. The zero-order valence-corrected chi connectivity index (χ0v) is 16.3. The molecule has 0 aromatic carbocycles. The Balaban J connectivity index is 0. The number of halogens is 1. The molecular formula is C19H42ClNO. The molecule has 0 saturated carbocycles. The van der Waals surface area contributed by atoms with E-state index in [0.717, 1.165) is 11.0 Å². The molecule has 0 bridgehead atoms. The van der Waals surface area contributed by atoms with Crippen LogP contribution in [-0.4, -0.2) is 43.4 Å². The van der Waals surface area contributed by atoms with E-state index < -0.39 is 0 Å².